The third kappa shape index (κ3) is 6.33. The summed E-state index contributed by atoms with van der Waals surface area (Å²) >= 11 is 5.86. The lowest BCUT2D eigenvalue weighted by atomic mass is 9.74. The molecule has 2 atom stereocenters. The first-order valence-electron chi connectivity index (χ1n) is 11.8. The Balaban J connectivity index is 2.02. The van der Waals surface area contributed by atoms with E-state index in [0.29, 0.717) is 24.0 Å². The summed E-state index contributed by atoms with van der Waals surface area (Å²) in [6.07, 6.45) is 4.90. The minimum atomic E-state index is -0.521. The van der Waals surface area contributed by atoms with Gasteiger partial charge in [-0.2, -0.15) is 0 Å². The Morgan fingerprint density at radius 3 is 2.38 bits per heavy atom. The molecule has 1 saturated heterocycles. The van der Waals surface area contributed by atoms with Crippen molar-refractivity contribution < 1.29 is 14.3 Å². The zero-order valence-electron chi connectivity index (χ0n) is 20.2. The molecule has 2 fully saturated rings. The van der Waals surface area contributed by atoms with Gasteiger partial charge in [0.05, 0.1) is 19.0 Å². The summed E-state index contributed by atoms with van der Waals surface area (Å²) in [5.41, 5.74) is 5.32. The fourth-order valence-corrected chi connectivity index (χ4v) is 5.17. The molecule has 9 heteroatoms. The standard InChI is InChI=1S/C23H41N5O3S/c1-14(2)23(3,4)18(27-22(30)31-5)21(32)28-12-6-7-17(28)20(29)26-13-15-8-10-16(11-9-15)19(24)25/h14-18H,6-13H2,1-5H3,(H3,24,25)(H,26,29)(H,27,30)/t15?,16?,17-,18+/m0/s1. The zero-order valence-corrected chi connectivity index (χ0v) is 21.0. The predicted molar refractivity (Wildman–Crippen MR) is 131 cm³/mol. The van der Waals surface area contributed by atoms with Gasteiger partial charge in [-0.25, -0.2) is 4.79 Å². The molecule has 1 heterocycles. The molecule has 2 rings (SSSR count). The Bertz CT molecular complexity index is 704. The number of ether oxygens (including phenoxy) is 1. The van der Waals surface area contributed by atoms with Crippen LogP contribution in [-0.2, 0) is 9.53 Å². The summed E-state index contributed by atoms with van der Waals surface area (Å²) in [5, 5.41) is 13.7. The number of carbonyl (C=O) groups is 2. The van der Waals surface area contributed by atoms with Crippen molar-refractivity contribution in [3.8, 4) is 0 Å². The minimum Gasteiger partial charge on any atom is -0.453 e. The first-order valence-corrected chi connectivity index (χ1v) is 12.2. The Morgan fingerprint density at radius 2 is 1.84 bits per heavy atom. The number of hydrogen-bond donors (Lipinski definition) is 4. The van der Waals surface area contributed by atoms with Crippen LogP contribution in [0.3, 0.4) is 0 Å². The quantitative estimate of drug-likeness (QED) is 0.247. The lowest BCUT2D eigenvalue weighted by Gasteiger charge is -2.41. The van der Waals surface area contributed by atoms with Gasteiger partial charge in [-0.05, 0) is 55.8 Å². The third-order valence-corrected chi connectivity index (χ3v) is 8.09. The molecule has 2 amide bonds. The van der Waals surface area contributed by atoms with Gasteiger partial charge in [0, 0.05) is 19.0 Å². The van der Waals surface area contributed by atoms with Crippen LogP contribution in [0.4, 0.5) is 4.79 Å². The van der Waals surface area contributed by atoms with Crippen LogP contribution in [0.25, 0.3) is 0 Å². The van der Waals surface area contributed by atoms with E-state index in [1.165, 1.54) is 7.11 Å². The molecular formula is C23H41N5O3S. The maximum absolute atomic E-state index is 13.1. The summed E-state index contributed by atoms with van der Waals surface area (Å²) in [5.74, 6) is 1.14. The maximum Gasteiger partial charge on any atom is 0.407 e. The van der Waals surface area contributed by atoms with Crippen molar-refractivity contribution in [3.63, 3.8) is 0 Å². The smallest absolute Gasteiger partial charge is 0.407 e. The fraction of sp³-hybridized carbons (Fsp3) is 0.826. The number of nitrogens with one attached hydrogen (secondary N) is 3. The van der Waals surface area contributed by atoms with Gasteiger partial charge in [0.25, 0.3) is 0 Å². The van der Waals surface area contributed by atoms with Gasteiger partial charge in [0.2, 0.25) is 5.91 Å². The van der Waals surface area contributed by atoms with E-state index in [2.05, 4.69) is 38.3 Å². The predicted octanol–water partition coefficient (Wildman–Crippen LogP) is 3.04. The number of methoxy groups -OCH3 is 1. The number of rotatable bonds is 8. The van der Waals surface area contributed by atoms with Crippen LogP contribution < -0.4 is 16.4 Å². The molecule has 1 aliphatic heterocycles. The average molecular weight is 468 g/mol. The number of likely N-dealkylation sites (tertiary alicyclic amines) is 1. The molecule has 1 aliphatic carbocycles. The van der Waals surface area contributed by atoms with Gasteiger partial charge >= 0.3 is 6.09 Å². The molecule has 1 saturated carbocycles. The number of nitrogens with two attached hydrogens (primary N) is 1. The highest BCUT2D eigenvalue weighted by molar-refractivity contribution is 7.80. The van der Waals surface area contributed by atoms with Gasteiger partial charge in [-0.15, -0.1) is 0 Å². The van der Waals surface area contributed by atoms with E-state index in [1.54, 1.807) is 0 Å². The van der Waals surface area contributed by atoms with E-state index >= 15 is 0 Å². The van der Waals surface area contributed by atoms with Crippen molar-refractivity contribution in [1.29, 1.82) is 5.41 Å². The van der Waals surface area contributed by atoms with Crippen molar-refractivity contribution in [3.05, 3.63) is 0 Å². The molecule has 0 unspecified atom stereocenters. The number of amides is 2. The van der Waals surface area contributed by atoms with Crippen molar-refractivity contribution in [2.45, 2.75) is 78.3 Å². The molecule has 0 bridgehead atoms. The molecule has 2 aliphatic rings. The number of carbonyl (C=O) groups excluding carboxylic acids is 2. The van der Waals surface area contributed by atoms with Crippen LogP contribution in [0.15, 0.2) is 0 Å². The normalized spacial score (nSPS) is 24.7. The third-order valence-electron chi connectivity index (χ3n) is 7.62. The monoisotopic (exact) mass is 467 g/mol. The highest BCUT2D eigenvalue weighted by Crippen LogP contribution is 2.34. The highest BCUT2D eigenvalue weighted by atomic mass is 32.1. The molecular weight excluding hydrogens is 426 g/mol. The number of nitrogens with zero attached hydrogens (tertiary/aromatic N) is 1. The molecule has 0 aromatic carbocycles. The van der Waals surface area contributed by atoms with E-state index in [1.807, 2.05) is 4.90 Å². The molecule has 182 valence electrons. The van der Waals surface area contributed by atoms with Crippen LogP contribution in [0, 0.1) is 28.6 Å². The van der Waals surface area contributed by atoms with Crippen LogP contribution in [-0.4, -0.2) is 60.0 Å². The second-order valence-corrected chi connectivity index (χ2v) is 10.6. The van der Waals surface area contributed by atoms with Gasteiger partial charge in [-0.1, -0.05) is 39.9 Å². The topological polar surface area (TPSA) is 121 Å². The summed E-state index contributed by atoms with van der Waals surface area (Å²) in [6.45, 7) is 9.70. The minimum absolute atomic E-state index is 0.00212. The van der Waals surface area contributed by atoms with Crippen LogP contribution >= 0.6 is 12.2 Å². The lowest BCUT2D eigenvalue weighted by molar-refractivity contribution is -0.124. The molecule has 0 spiro atoms. The Labute approximate surface area is 197 Å². The number of thiocarbonyl (C=S) groups is 1. The van der Waals surface area contributed by atoms with Gasteiger partial charge in [0.15, 0.2) is 0 Å². The van der Waals surface area contributed by atoms with Crippen LogP contribution in [0.5, 0.6) is 0 Å². The first kappa shape index (κ1) is 26.4. The largest absolute Gasteiger partial charge is 0.453 e. The number of amidine groups is 1. The molecule has 0 aromatic heterocycles. The SMILES string of the molecule is COC(=O)N[C@H](C(=S)N1CCC[C@H]1C(=O)NCC1CCC(C(=N)N)CC1)C(C)(C)C(C)C. The molecule has 8 nitrogen and oxygen atoms in total. The van der Waals surface area contributed by atoms with Crippen molar-refractivity contribution >= 4 is 35.0 Å². The molecule has 0 radical (unpaired) electrons. The van der Waals surface area contributed by atoms with Crippen LogP contribution in [0.2, 0.25) is 0 Å². The van der Waals surface area contributed by atoms with E-state index in [0.717, 1.165) is 38.5 Å². The zero-order chi connectivity index (χ0) is 24.1. The Hall–Kier alpha value is -1.90. The second-order valence-electron chi connectivity index (χ2n) is 10.2. The van der Waals surface area contributed by atoms with Gasteiger partial charge < -0.3 is 26.0 Å². The molecule has 5 N–H and O–H groups in total. The second kappa shape index (κ2) is 11.3. The number of hydrogen-bond acceptors (Lipinski definition) is 5. The maximum atomic E-state index is 13.1. The van der Waals surface area contributed by atoms with Crippen molar-refractivity contribution in [1.82, 2.24) is 15.5 Å². The number of alkyl carbamates (subject to hydrolysis) is 1. The van der Waals surface area contributed by atoms with E-state index in [-0.39, 0.29) is 35.0 Å². The van der Waals surface area contributed by atoms with E-state index in [9.17, 15) is 9.59 Å². The Morgan fingerprint density at radius 1 is 1.22 bits per heavy atom. The highest BCUT2D eigenvalue weighted by Gasteiger charge is 2.42. The summed E-state index contributed by atoms with van der Waals surface area (Å²) < 4.78 is 4.84. The van der Waals surface area contributed by atoms with Crippen molar-refractivity contribution in [2.24, 2.45) is 28.9 Å². The summed E-state index contributed by atoms with van der Waals surface area (Å²) in [7, 11) is 1.34. The van der Waals surface area contributed by atoms with Crippen LogP contribution in [0.1, 0.15) is 66.2 Å². The van der Waals surface area contributed by atoms with E-state index < -0.39 is 12.1 Å². The van der Waals surface area contributed by atoms with Gasteiger partial charge in [0.1, 0.15) is 11.0 Å². The first-order chi connectivity index (χ1) is 15.0. The van der Waals surface area contributed by atoms with Crippen molar-refractivity contribution in [2.75, 3.05) is 20.2 Å². The van der Waals surface area contributed by atoms with Gasteiger partial charge in [-0.3, -0.25) is 10.2 Å². The average Bonchev–Trinajstić information content (AvgIpc) is 3.25. The molecule has 0 aromatic rings. The molecule has 32 heavy (non-hydrogen) atoms. The Kier molecular flexibility index (Phi) is 9.30. The summed E-state index contributed by atoms with van der Waals surface area (Å²) in [4.78, 5) is 27.7. The fourth-order valence-electron chi connectivity index (χ4n) is 4.59. The lowest BCUT2D eigenvalue weighted by Crippen LogP contribution is -2.58. The van der Waals surface area contributed by atoms with E-state index in [4.69, 9.17) is 28.1 Å². The summed E-state index contributed by atoms with van der Waals surface area (Å²) in [6, 6.07) is -0.735.